The lowest BCUT2D eigenvalue weighted by molar-refractivity contribution is -0.172. The van der Waals surface area contributed by atoms with Crippen LogP contribution in [0.1, 0.15) is 37.2 Å². The van der Waals surface area contributed by atoms with Crippen molar-refractivity contribution in [2.24, 2.45) is 0 Å². The van der Waals surface area contributed by atoms with Gasteiger partial charge in [-0.25, -0.2) is 4.79 Å². The van der Waals surface area contributed by atoms with Gasteiger partial charge in [-0.1, -0.05) is 12.1 Å². The summed E-state index contributed by atoms with van der Waals surface area (Å²) in [6.45, 7) is 0. The van der Waals surface area contributed by atoms with Crippen molar-refractivity contribution < 1.29 is 14.3 Å². The van der Waals surface area contributed by atoms with Crippen LogP contribution in [0.5, 0.6) is 5.75 Å². The molecule has 0 saturated heterocycles. The van der Waals surface area contributed by atoms with Gasteiger partial charge in [0.05, 0.1) is 10.9 Å². The highest BCUT2D eigenvalue weighted by Gasteiger charge is 2.44. The number of hydrogen-bond donors (Lipinski definition) is 1. The van der Waals surface area contributed by atoms with Gasteiger partial charge in [0.2, 0.25) is 5.79 Å². The van der Waals surface area contributed by atoms with Crippen LogP contribution in [-0.4, -0.2) is 10.9 Å². The molecule has 2 bridgehead atoms. The van der Waals surface area contributed by atoms with E-state index in [9.17, 15) is 9.90 Å². The van der Waals surface area contributed by atoms with Crippen LogP contribution >= 0.6 is 0 Å². The second-order valence-corrected chi connectivity index (χ2v) is 5.47. The van der Waals surface area contributed by atoms with E-state index in [1.54, 1.807) is 6.07 Å². The van der Waals surface area contributed by atoms with Gasteiger partial charge in [-0.05, 0) is 25.0 Å². The van der Waals surface area contributed by atoms with Gasteiger partial charge in [-0.3, -0.25) is 0 Å². The smallest absolute Gasteiger partial charge is 0.343 e. The minimum Gasteiger partial charge on any atom is -0.461 e. The molecule has 1 fully saturated rings. The van der Waals surface area contributed by atoms with Crippen molar-refractivity contribution in [2.45, 2.75) is 37.4 Å². The zero-order chi connectivity index (χ0) is 13.0. The van der Waals surface area contributed by atoms with E-state index in [-0.39, 0.29) is 11.5 Å². The Morgan fingerprint density at radius 3 is 3.05 bits per heavy atom. The third kappa shape index (κ3) is 1.53. The van der Waals surface area contributed by atoms with Crippen LogP contribution in [0.3, 0.4) is 0 Å². The number of ether oxygens (including phenoxy) is 1. The first-order valence-electron chi connectivity index (χ1n) is 6.63. The van der Waals surface area contributed by atoms with Crippen molar-refractivity contribution in [3.63, 3.8) is 0 Å². The molecule has 0 unspecified atom stereocenters. The SMILES string of the molecule is O=c1oc2ccccc2c2c1[C@@H]1CCC[C@@](O)(C1)O2. The van der Waals surface area contributed by atoms with Crippen LogP contribution in [0.15, 0.2) is 33.5 Å². The van der Waals surface area contributed by atoms with E-state index in [2.05, 4.69) is 0 Å². The third-order valence-corrected chi connectivity index (χ3v) is 4.18. The van der Waals surface area contributed by atoms with Gasteiger partial charge in [-0.15, -0.1) is 0 Å². The molecule has 2 aliphatic rings. The lowest BCUT2D eigenvalue weighted by Crippen LogP contribution is -2.45. The summed E-state index contributed by atoms with van der Waals surface area (Å²) in [6, 6.07) is 7.30. The molecule has 1 aliphatic heterocycles. The van der Waals surface area contributed by atoms with E-state index in [1.807, 2.05) is 18.2 Å². The maximum atomic E-state index is 12.2. The van der Waals surface area contributed by atoms with E-state index in [0.717, 1.165) is 18.2 Å². The molecular formula is C15H14O4. The second-order valence-electron chi connectivity index (χ2n) is 5.47. The van der Waals surface area contributed by atoms with Crippen molar-refractivity contribution >= 4 is 11.0 Å². The van der Waals surface area contributed by atoms with Crippen molar-refractivity contribution in [1.82, 2.24) is 0 Å². The number of para-hydroxylation sites is 1. The molecule has 1 aromatic carbocycles. The van der Waals surface area contributed by atoms with Crippen molar-refractivity contribution in [3.05, 3.63) is 40.2 Å². The van der Waals surface area contributed by atoms with Crippen molar-refractivity contribution in [2.75, 3.05) is 0 Å². The van der Waals surface area contributed by atoms with Crippen LogP contribution in [0, 0.1) is 0 Å². The van der Waals surface area contributed by atoms with Gasteiger partial charge in [-0.2, -0.15) is 0 Å². The van der Waals surface area contributed by atoms with E-state index in [4.69, 9.17) is 9.15 Å². The molecule has 0 amide bonds. The third-order valence-electron chi connectivity index (χ3n) is 4.18. The predicted molar refractivity (Wildman–Crippen MR) is 69.3 cm³/mol. The molecule has 1 aromatic heterocycles. The molecule has 1 aliphatic carbocycles. The van der Waals surface area contributed by atoms with Crippen LogP contribution < -0.4 is 10.4 Å². The predicted octanol–water partition coefficient (Wildman–Crippen LogP) is 2.53. The number of aliphatic hydroxyl groups is 1. The molecule has 4 nitrogen and oxygen atoms in total. The minimum atomic E-state index is -1.12. The Morgan fingerprint density at radius 2 is 2.16 bits per heavy atom. The minimum absolute atomic E-state index is 0.0448. The Bertz CT molecular complexity index is 718. The van der Waals surface area contributed by atoms with Crippen LogP contribution in [0.25, 0.3) is 11.0 Å². The van der Waals surface area contributed by atoms with Crippen LogP contribution in [0.2, 0.25) is 0 Å². The Labute approximate surface area is 109 Å². The quantitative estimate of drug-likeness (QED) is 0.738. The Morgan fingerprint density at radius 1 is 1.32 bits per heavy atom. The molecule has 0 spiro atoms. The topological polar surface area (TPSA) is 59.7 Å². The summed E-state index contributed by atoms with van der Waals surface area (Å²) in [5, 5.41) is 11.2. The zero-order valence-corrected chi connectivity index (χ0v) is 10.4. The first-order chi connectivity index (χ1) is 9.16. The fourth-order valence-electron chi connectivity index (χ4n) is 3.34. The summed E-state index contributed by atoms with van der Waals surface area (Å²) >= 11 is 0. The molecule has 1 saturated carbocycles. The lowest BCUT2D eigenvalue weighted by Gasteiger charge is -2.41. The summed E-state index contributed by atoms with van der Waals surface area (Å²) in [7, 11) is 0. The Balaban J connectivity index is 2.07. The summed E-state index contributed by atoms with van der Waals surface area (Å²) in [5.74, 6) is -0.555. The number of benzene rings is 1. The summed E-state index contributed by atoms with van der Waals surface area (Å²) in [5.41, 5.74) is 0.778. The van der Waals surface area contributed by atoms with Gasteiger partial charge >= 0.3 is 5.63 Å². The molecule has 4 rings (SSSR count). The number of hydrogen-bond acceptors (Lipinski definition) is 4. The van der Waals surface area contributed by atoms with E-state index < -0.39 is 5.79 Å². The Kier molecular flexibility index (Phi) is 2.10. The summed E-state index contributed by atoms with van der Waals surface area (Å²) < 4.78 is 11.1. The van der Waals surface area contributed by atoms with Gasteiger partial charge in [0, 0.05) is 18.8 Å². The van der Waals surface area contributed by atoms with Crippen LogP contribution in [0.4, 0.5) is 0 Å². The van der Waals surface area contributed by atoms with Gasteiger partial charge in [0.15, 0.2) is 0 Å². The molecular weight excluding hydrogens is 244 g/mol. The molecule has 98 valence electrons. The lowest BCUT2D eigenvalue weighted by atomic mass is 9.78. The average Bonchev–Trinajstić information content (AvgIpc) is 2.37. The average molecular weight is 258 g/mol. The first kappa shape index (κ1) is 11.1. The largest absolute Gasteiger partial charge is 0.461 e. The van der Waals surface area contributed by atoms with Crippen LogP contribution in [-0.2, 0) is 0 Å². The van der Waals surface area contributed by atoms with Gasteiger partial charge in [0.25, 0.3) is 0 Å². The maximum Gasteiger partial charge on any atom is 0.343 e. The fraction of sp³-hybridized carbons (Fsp3) is 0.400. The molecule has 4 heteroatoms. The highest BCUT2D eigenvalue weighted by molar-refractivity contribution is 5.84. The molecule has 2 atom stereocenters. The first-order valence-corrected chi connectivity index (χ1v) is 6.63. The van der Waals surface area contributed by atoms with Gasteiger partial charge in [0.1, 0.15) is 11.3 Å². The fourth-order valence-corrected chi connectivity index (χ4v) is 3.34. The maximum absolute atomic E-state index is 12.2. The van der Waals surface area contributed by atoms with Crippen molar-refractivity contribution in [3.8, 4) is 5.75 Å². The highest BCUT2D eigenvalue weighted by Crippen LogP contribution is 2.48. The molecule has 0 radical (unpaired) electrons. The van der Waals surface area contributed by atoms with Gasteiger partial charge < -0.3 is 14.3 Å². The molecule has 2 aromatic rings. The highest BCUT2D eigenvalue weighted by atomic mass is 16.6. The standard InChI is InChI=1S/C15H14O4/c16-14-12-9-4-3-7-15(17,8-9)19-13(12)10-5-1-2-6-11(10)18-14/h1-2,5-6,9,17H,3-4,7-8H2/t9-,15+/m1/s1. The number of fused-ring (bicyclic) bond motifs is 6. The Hall–Kier alpha value is -1.81. The normalized spacial score (nSPS) is 28.8. The van der Waals surface area contributed by atoms with Crippen molar-refractivity contribution in [1.29, 1.82) is 0 Å². The van der Waals surface area contributed by atoms with E-state index in [0.29, 0.717) is 29.7 Å². The second kappa shape index (κ2) is 3.61. The molecule has 1 N–H and O–H groups in total. The monoisotopic (exact) mass is 258 g/mol. The van der Waals surface area contributed by atoms with E-state index >= 15 is 0 Å². The van der Waals surface area contributed by atoms with E-state index in [1.165, 1.54) is 0 Å². The molecule has 19 heavy (non-hydrogen) atoms. The summed E-state index contributed by atoms with van der Waals surface area (Å²) in [4.78, 5) is 12.2. The molecule has 2 heterocycles. The number of rotatable bonds is 0. The summed E-state index contributed by atoms with van der Waals surface area (Å²) in [6.07, 6.45) is 2.88. The zero-order valence-electron chi connectivity index (χ0n) is 10.4.